The van der Waals surface area contributed by atoms with E-state index in [9.17, 15) is 9.59 Å². The molecule has 4 heteroatoms. The average molecular weight is 278 g/mol. The van der Waals surface area contributed by atoms with Crippen molar-refractivity contribution in [2.45, 2.75) is 6.54 Å². The number of carbonyl (C=O) groups is 2. The van der Waals surface area contributed by atoms with Gasteiger partial charge in [0.05, 0.1) is 24.2 Å². The molecule has 0 fully saturated rings. The molecule has 1 aliphatic rings. The molecule has 0 saturated heterocycles. The molecule has 4 nitrogen and oxygen atoms in total. The second kappa shape index (κ2) is 5.71. The highest BCUT2D eigenvalue weighted by atomic mass is 16.2. The largest absolute Gasteiger partial charge is 0.291 e. The standard InChI is InChI=1S/C17H14N2O2/c20-16-14-8-4-5-9-15(14)17(21)19(16)11-10-18-12-13-6-2-1-3-7-13/h1-10H,11-12H2. The average Bonchev–Trinajstić information content (AvgIpc) is 2.77. The molecule has 0 atom stereocenters. The normalized spacial score (nSPS) is 14.0. The molecule has 2 aromatic carbocycles. The summed E-state index contributed by atoms with van der Waals surface area (Å²) >= 11 is 0. The van der Waals surface area contributed by atoms with E-state index in [1.54, 1.807) is 30.5 Å². The molecule has 3 rings (SSSR count). The van der Waals surface area contributed by atoms with E-state index in [0.717, 1.165) is 5.56 Å². The number of carbonyl (C=O) groups excluding carboxylic acids is 2. The molecule has 1 heterocycles. The van der Waals surface area contributed by atoms with Crippen LogP contribution in [0.15, 0.2) is 59.6 Å². The van der Waals surface area contributed by atoms with E-state index in [-0.39, 0.29) is 18.4 Å². The van der Waals surface area contributed by atoms with Crippen LogP contribution in [0.2, 0.25) is 0 Å². The molecule has 0 radical (unpaired) electrons. The molecule has 0 aromatic heterocycles. The maximum absolute atomic E-state index is 12.1. The minimum Gasteiger partial charge on any atom is -0.291 e. The van der Waals surface area contributed by atoms with E-state index < -0.39 is 0 Å². The van der Waals surface area contributed by atoms with E-state index in [2.05, 4.69) is 4.99 Å². The molecule has 104 valence electrons. The van der Waals surface area contributed by atoms with Crippen molar-refractivity contribution < 1.29 is 9.59 Å². The first-order chi connectivity index (χ1) is 10.3. The first kappa shape index (κ1) is 13.2. The first-order valence-corrected chi connectivity index (χ1v) is 6.75. The van der Waals surface area contributed by atoms with Crippen LogP contribution in [0, 0.1) is 0 Å². The van der Waals surface area contributed by atoms with Gasteiger partial charge in [-0.15, -0.1) is 0 Å². The number of hydrogen-bond donors (Lipinski definition) is 0. The van der Waals surface area contributed by atoms with Gasteiger partial charge in [0.1, 0.15) is 0 Å². The van der Waals surface area contributed by atoms with E-state index in [0.29, 0.717) is 17.7 Å². The van der Waals surface area contributed by atoms with Crippen LogP contribution in [0.25, 0.3) is 0 Å². The van der Waals surface area contributed by atoms with Gasteiger partial charge in [0.2, 0.25) is 0 Å². The van der Waals surface area contributed by atoms with Gasteiger partial charge in [-0.05, 0) is 17.7 Å². The van der Waals surface area contributed by atoms with E-state index in [4.69, 9.17) is 0 Å². The van der Waals surface area contributed by atoms with Crippen LogP contribution in [-0.2, 0) is 6.54 Å². The quantitative estimate of drug-likeness (QED) is 0.637. The third kappa shape index (κ3) is 2.60. The Morgan fingerprint density at radius 1 is 0.857 bits per heavy atom. The lowest BCUT2D eigenvalue weighted by Gasteiger charge is -2.09. The molecule has 2 aromatic rings. The smallest absolute Gasteiger partial charge is 0.261 e. The highest BCUT2D eigenvalue weighted by Gasteiger charge is 2.34. The lowest BCUT2D eigenvalue weighted by molar-refractivity contribution is 0.0679. The van der Waals surface area contributed by atoms with Crippen molar-refractivity contribution in [2.24, 2.45) is 4.99 Å². The molecule has 0 spiro atoms. The third-order valence-corrected chi connectivity index (χ3v) is 3.39. The van der Waals surface area contributed by atoms with Gasteiger partial charge >= 0.3 is 0 Å². The Morgan fingerprint density at radius 2 is 1.43 bits per heavy atom. The van der Waals surface area contributed by atoms with E-state index in [1.807, 2.05) is 30.3 Å². The molecule has 1 aliphatic heterocycles. The van der Waals surface area contributed by atoms with Crippen LogP contribution >= 0.6 is 0 Å². The van der Waals surface area contributed by atoms with Crippen molar-refractivity contribution in [3.8, 4) is 0 Å². The van der Waals surface area contributed by atoms with Crippen molar-refractivity contribution in [3.63, 3.8) is 0 Å². The van der Waals surface area contributed by atoms with Gasteiger partial charge in [-0.3, -0.25) is 19.5 Å². The van der Waals surface area contributed by atoms with Crippen LogP contribution in [-0.4, -0.2) is 29.5 Å². The second-order valence-corrected chi connectivity index (χ2v) is 4.78. The summed E-state index contributed by atoms with van der Waals surface area (Å²) in [6, 6.07) is 16.7. The van der Waals surface area contributed by atoms with Gasteiger partial charge in [-0.25, -0.2) is 0 Å². The molecule has 0 N–H and O–H groups in total. The molecule has 2 amide bonds. The Kier molecular flexibility index (Phi) is 3.60. The Morgan fingerprint density at radius 3 is 2.05 bits per heavy atom. The first-order valence-electron chi connectivity index (χ1n) is 6.75. The summed E-state index contributed by atoms with van der Waals surface area (Å²) < 4.78 is 0. The van der Waals surface area contributed by atoms with Crippen LogP contribution in [0.3, 0.4) is 0 Å². The molecular weight excluding hydrogens is 264 g/mol. The Balaban J connectivity index is 1.65. The van der Waals surface area contributed by atoms with Crippen LogP contribution in [0.1, 0.15) is 26.3 Å². The fourth-order valence-corrected chi connectivity index (χ4v) is 2.30. The lowest BCUT2D eigenvalue weighted by atomic mass is 10.1. The van der Waals surface area contributed by atoms with Crippen molar-refractivity contribution in [2.75, 3.05) is 6.54 Å². The highest BCUT2D eigenvalue weighted by molar-refractivity contribution is 6.22. The zero-order chi connectivity index (χ0) is 14.7. The van der Waals surface area contributed by atoms with Gasteiger partial charge in [0.25, 0.3) is 11.8 Å². The highest BCUT2D eigenvalue weighted by Crippen LogP contribution is 2.21. The predicted octanol–water partition coefficient (Wildman–Crippen LogP) is 2.55. The summed E-state index contributed by atoms with van der Waals surface area (Å²) in [6.07, 6.45) is 1.62. The number of imide groups is 1. The fourth-order valence-electron chi connectivity index (χ4n) is 2.30. The Labute approximate surface area is 122 Å². The zero-order valence-electron chi connectivity index (χ0n) is 11.4. The summed E-state index contributed by atoms with van der Waals surface area (Å²) in [5.41, 5.74) is 2.04. The Hall–Kier alpha value is -2.75. The summed E-state index contributed by atoms with van der Waals surface area (Å²) in [6.45, 7) is 0.753. The minimum atomic E-state index is -0.248. The van der Waals surface area contributed by atoms with Crippen LogP contribution in [0.5, 0.6) is 0 Å². The van der Waals surface area contributed by atoms with Gasteiger partial charge in [0.15, 0.2) is 0 Å². The summed E-state index contributed by atoms with van der Waals surface area (Å²) in [5.74, 6) is -0.497. The fraction of sp³-hybridized carbons (Fsp3) is 0.118. The predicted molar refractivity (Wildman–Crippen MR) is 80.4 cm³/mol. The van der Waals surface area contributed by atoms with Crippen LogP contribution in [0.4, 0.5) is 0 Å². The number of aliphatic imine (C=N–C) groups is 1. The zero-order valence-corrected chi connectivity index (χ0v) is 11.4. The number of amides is 2. The van der Waals surface area contributed by atoms with Gasteiger partial charge in [-0.2, -0.15) is 0 Å². The summed E-state index contributed by atoms with van der Waals surface area (Å²) in [4.78, 5) is 29.7. The third-order valence-electron chi connectivity index (χ3n) is 3.39. The van der Waals surface area contributed by atoms with Crippen molar-refractivity contribution in [3.05, 3.63) is 71.3 Å². The second-order valence-electron chi connectivity index (χ2n) is 4.78. The maximum Gasteiger partial charge on any atom is 0.261 e. The monoisotopic (exact) mass is 278 g/mol. The number of nitrogens with zero attached hydrogens (tertiary/aromatic N) is 2. The van der Waals surface area contributed by atoms with Gasteiger partial charge in [-0.1, -0.05) is 42.5 Å². The number of rotatable bonds is 4. The molecule has 0 saturated carbocycles. The van der Waals surface area contributed by atoms with E-state index in [1.165, 1.54) is 4.90 Å². The van der Waals surface area contributed by atoms with Crippen molar-refractivity contribution in [1.29, 1.82) is 0 Å². The summed E-state index contributed by atoms with van der Waals surface area (Å²) in [5, 5.41) is 0. The SMILES string of the molecule is O=C1c2ccccc2C(=O)N1CC=NCc1ccccc1. The molecule has 0 unspecified atom stereocenters. The topological polar surface area (TPSA) is 49.7 Å². The molecule has 0 bridgehead atoms. The van der Waals surface area contributed by atoms with Gasteiger partial charge < -0.3 is 0 Å². The summed E-state index contributed by atoms with van der Waals surface area (Å²) in [7, 11) is 0. The Bertz CT molecular complexity index is 673. The van der Waals surface area contributed by atoms with Crippen LogP contribution < -0.4 is 0 Å². The van der Waals surface area contributed by atoms with Crippen molar-refractivity contribution in [1.82, 2.24) is 4.90 Å². The maximum atomic E-state index is 12.1. The van der Waals surface area contributed by atoms with Gasteiger partial charge in [0, 0.05) is 6.21 Å². The van der Waals surface area contributed by atoms with Crippen molar-refractivity contribution >= 4 is 18.0 Å². The van der Waals surface area contributed by atoms with E-state index >= 15 is 0 Å². The molecule has 0 aliphatic carbocycles. The number of fused-ring (bicyclic) bond motifs is 1. The lowest BCUT2D eigenvalue weighted by Crippen LogP contribution is -2.31. The molecule has 21 heavy (non-hydrogen) atoms. The number of hydrogen-bond acceptors (Lipinski definition) is 3. The number of benzene rings is 2. The molecular formula is C17H14N2O2. The minimum absolute atomic E-state index is 0.208.